The molecule has 6 nitrogen and oxygen atoms in total. The number of esters is 1. The maximum atomic E-state index is 12.1. The molecule has 0 aliphatic rings. The average molecular weight is 346 g/mol. The highest BCUT2D eigenvalue weighted by Crippen LogP contribution is 2.22. The number of rotatable bonds is 5. The summed E-state index contributed by atoms with van der Waals surface area (Å²) < 4.78 is 5.21. The van der Waals surface area contributed by atoms with E-state index in [0.717, 1.165) is 9.75 Å². The van der Waals surface area contributed by atoms with Crippen LogP contribution < -0.4 is 11.1 Å². The van der Waals surface area contributed by atoms with Gasteiger partial charge in [0.15, 0.2) is 6.10 Å². The molecule has 0 aliphatic heterocycles. The number of nitrogens with two attached hydrogens (primary N) is 1. The molecule has 0 spiro atoms. The smallest absolute Gasteiger partial charge is 0.340 e. The first-order valence-electron chi connectivity index (χ1n) is 7.26. The van der Waals surface area contributed by atoms with Crippen molar-refractivity contribution in [2.24, 2.45) is 5.73 Å². The maximum Gasteiger partial charge on any atom is 0.340 e. The van der Waals surface area contributed by atoms with Gasteiger partial charge in [0, 0.05) is 21.0 Å². The zero-order valence-electron chi connectivity index (χ0n) is 13.6. The fourth-order valence-corrected chi connectivity index (χ4v) is 2.98. The van der Waals surface area contributed by atoms with Crippen LogP contribution in [0.3, 0.4) is 0 Å². The number of aryl methyl sites for hydroxylation is 2. The molecule has 0 fully saturated rings. The third-order valence-corrected chi connectivity index (χ3v) is 4.32. The molecular weight excluding hydrogens is 328 g/mol. The first-order valence-corrected chi connectivity index (χ1v) is 8.08. The zero-order chi connectivity index (χ0) is 17.9. The molecule has 126 valence electrons. The molecule has 7 heteroatoms. The van der Waals surface area contributed by atoms with Crippen molar-refractivity contribution in [3.63, 3.8) is 0 Å². The van der Waals surface area contributed by atoms with Gasteiger partial charge in [-0.3, -0.25) is 9.59 Å². The number of amides is 2. The Morgan fingerprint density at radius 1 is 1.17 bits per heavy atom. The highest BCUT2D eigenvalue weighted by Gasteiger charge is 2.21. The van der Waals surface area contributed by atoms with Gasteiger partial charge in [-0.1, -0.05) is 0 Å². The third kappa shape index (κ3) is 4.20. The Labute approximate surface area is 143 Å². The number of benzene rings is 1. The number of carbonyl (C=O) groups is 3. The van der Waals surface area contributed by atoms with E-state index < -0.39 is 23.9 Å². The Morgan fingerprint density at radius 3 is 2.29 bits per heavy atom. The second-order valence-corrected chi connectivity index (χ2v) is 6.77. The van der Waals surface area contributed by atoms with Crippen molar-refractivity contribution in [1.29, 1.82) is 0 Å². The summed E-state index contributed by atoms with van der Waals surface area (Å²) in [6.45, 7) is 5.24. The molecule has 0 unspecified atom stereocenters. The number of thiophene rings is 1. The summed E-state index contributed by atoms with van der Waals surface area (Å²) in [6.07, 6.45) is -0.951. The van der Waals surface area contributed by atoms with E-state index in [1.165, 1.54) is 30.4 Å². The van der Waals surface area contributed by atoms with Crippen LogP contribution in [0, 0.1) is 13.8 Å². The predicted octanol–water partition coefficient (Wildman–Crippen LogP) is 2.65. The summed E-state index contributed by atoms with van der Waals surface area (Å²) >= 11 is 1.50. The largest absolute Gasteiger partial charge is 0.449 e. The standard InChI is InChI=1S/C17H18N2O4S/c1-9-8-14(11(3)24-9)17(22)23-10(2)16(21)19-13-6-4-12(5-7-13)15(18)20/h4-8,10H,1-3H3,(H2,18,20)(H,19,21)/t10-/m0/s1. The minimum Gasteiger partial charge on any atom is -0.449 e. The molecular formula is C17H18N2O4S. The van der Waals surface area contributed by atoms with E-state index in [-0.39, 0.29) is 0 Å². The number of carbonyl (C=O) groups excluding carboxylic acids is 3. The van der Waals surface area contributed by atoms with Crippen molar-refractivity contribution in [3.8, 4) is 0 Å². The first-order chi connectivity index (χ1) is 11.3. The normalized spacial score (nSPS) is 11.6. The second-order valence-electron chi connectivity index (χ2n) is 5.31. The first kappa shape index (κ1) is 17.7. The molecule has 1 atom stereocenters. The lowest BCUT2D eigenvalue weighted by Gasteiger charge is -2.13. The summed E-state index contributed by atoms with van der Waals surface area (Å²) in [5.41, 5.74) is 6.45. The van der Waals surface area contributed by atoms with Gasteiger partial charge in [0.05, 0.1) is 5.56 Å². The van der Waals surface area contributed by atoms with Crippen molar-refractivity contribution in [1.82, 2.24) is 0 Å². The molecule has 3 N–H and O–H groups in total. The second kappa shape index (κ2) is 7.27. The van der Waals surface area contributed by atoms with Crippen LogP contribution in [0.25, 0.3) is 0 Å². The third-order valence-electron chi connectivity index (χ3n) is 3.35. The number of hydrogen-bond acceptors (Lipinski definition) is 5. The average Bonchev–Trinajstić information content (AvgIpc) is 2.86. The summed E-state index contributed by atoms with van der Waals surface area (Å²) in [6, 6.07) is 7.87. The molecule has 2 amide bonds. The van der Waals surface area contributed by atoms with E-state index in [2.05, 4.69) is 5.32 Å². The van der Waals surface area contributed by atoms with E-state index in [0.29, 0.717) is 16.8 Å². The summed E-state index contributed by atoms with van der Waals surface area (Å²) in [4.78, 5) is 37.1. The van der Waals surface area contributed by atoms with Crippen molar-refractivity contribution in [2.75, 3.05) is 5.32 Å². The molecule has 1 heterocycles. The molecule has 0 bridgehead atoms. The lowest BCUT2D eigenvalue weighted by molar-refractivity contribution is -0.123. The highest BCUT2D eigenvalue weighted by atomic mass is 32.1. The lowest BCUT2D eigenvalue weighted by atomic mass is 10.2. The Balaban J connectivity index is 1.98. The van der Waals surface area contributed by atoms with Gasteiger partial charge in [-0.15, -0.1) is 11.3 Å². The Morgan fingerprint density at radius 2 is 1.79 bits per heavy atom. The van der Waals surface area contributed by atoms with Gasteiger partial charge in [0.25, 0.3) is 5.91 Å². The summed E-state index contributed by atoms with van der Waals surface area (Å²) in [5.74, 6) is -1.53. The Kier molecular flexibility index (Phi) is 5.35. The quantitative estimate of drug-likeness (QED) is 0.813. The number of primary amides is 1. The molecule has 0 aliphatic carbocycles. The van der Waals surface area contributed by atoms with E-state index in [1.54, 1.807) is 18.2 Å². The molecule has 24 heavy (non-hydrogen) atoms. The lowest BCUT2D eigenvalue weighted by Crippen LogP contribution is -2.30. The van der Waals surface area contributed by atoms with Crippen molar-refractivity contribution < 1.29 is 19.1 Å². The molecule has 2 aromatic rings. The van der Waals surface area contributed by atoms with Crippen LogP contribution in [-0.4, -0.2) is 23.9 Å². The SMILES string of the molecule is Cc1cc(C(=O)O[C@@H](C)C(=O)Nc2ccc(C(N)=O)cc2)c(C)s1. The van der Waals surface area contributed by atoms with Gasteiger partial charge in [0.1, 0.15) is 0 Å². The molecule has 0 saturated heterocycles. The Hall–Kier alpha value is -2.67. The van der Waals surface area contributed by atoms with E-state index in [9.17, 15) is 14.4 Å². The van der Waals surface area contributed by atoms with Crippen molar-refractivity contribution in [2.45, 2.75) is 26.9 Å². The van der Waals surface area contributed by atoms with E-state index in [1.807, 2.05) is 13.8 Å². The van der Waals surface area contributed by atoms with Crippen molar-refractivity contribution in [3.05, 3.63) is 51.2 Å². The minimum absolute atomic E-state index is 0.343. The molecule has 2 rings (SSSR count). The molecule has 1 aromatic heterocycles. The van der Waals surface area contributed by atoms with Crippen LogP contribution in [0.1, 0.15) is 37.4 Å². The van der Waals surface area contributed by atoms with Crippen LogP contribution in [0.15, 0.2) is 30.3 Å². The maximum absolute atomic E-state index is 12.1. The fourth-order valence-electron chi connectivity index (χ4n) is 2.07. The summed E-state index contributed by atoms with van der Waals surface area (Å²) in [5, 5.41) is 2.62. The molecule has 0 radical (unpaired) electrons. The topological polar surface area (TPSA) is 98.5 Å². The predicted molar refractivity (Wildman–Crippen MR) is 92.3 cm³/mol. The van der Waals surface area contributed by atoms with E-state index >= 15 is 0 Å². The molecule has 1 aromatic carbocycles. The molecule has 0 saturated carbocycles. The van der Waals surface area contributed by atoms with Gasteiger partial charge in [-0.25, -0.2) is 4.79 Å². The van der Waals surface area contributed by atoms with Crippen LogP contribution in [0.2, 0.25) is 0 Å². The monoisotopic (exact) mass is 346 g/mol. The Bertz CT molecular complexity index is 780. The minimum atomic E-state index is -0.951. The number of nitrogens with one attached hydrogen (secondary N) is 1. The highest BCUT2D eigenvalue weighted by molar-refractivity contribution is 7.12. The van der Waals surface area contributed by atoms with Crippen LogP contribution in [0.5, 0.6) is 0 Å². The van der Waals surface area contributed by atoms with Gasteiger partial charge >= 0.3 is 5.97 Å². The zero-order valence-corrected chi connectivity index (χ0v) is 14.4. The van der Waals surface area contributed by atoms with Crippen LogP contribution in [0.4, 0.5) is 5.69 Å². The van der Waals surface area contributed by atoms with Crippen molar-refractivity contribution >= 4 is 34.8 Å². The number of hydrogen-bond donors (Lipinski definition) is 2. The fraction of sp³-hybridized carbons (Fsp3) is 0.235. The van der Waals surface area contributed by atoms with Crippen LogP contribution in [-0.2, 0) is 9.53 Å². The van der Waals surface area contributed by atoms with E-state index in [4.69, 9.17) is 10.5 Å². The van der Waals surface area contributed by atoms with Gasteiger partial charge < -0.3 is 15.8 Å². The van der Waals surface area contributed by atoms with Gasteiger partial charge in [-0.05, 0) is 51.1 Å². The van der Waals surface area contributed by atoms with Gasteiger partial charge in [-0.2, -0.15) is 0 Å². The number of ether oxygens (including phenoxy) is 1. The van der Waals surface area contributed by atoms with Crippen LogP contribution >= 0.6 is 11.3 Å². The number of anilines is 1. The van der Waals surface area contributed by atoms with Gasteiger partial charge in [0.2, 0.25) is 5.91 Å². The summed E-state index contributed by atoms with van der Waals surface area (Å²) in [7, 11) is 0.